The maximum absolute atomic E-state index is 6.03. The highest BCUT2D eigenvalue weighted by molar-refractivity contribution is 5.25. The van der Waals surface area contributed by atoms with Crippen LogP contribution in [0.1, 0.15) is 43.4 Å². The predicted molar refractivity (Wildman–Crippen MR) is 79.0 cm³/mol. The third-order valence-electron chi connectivity index (χ3n) is 4.15. The van der Waals surface area contributed by atoms with Gasteiger partial charge in [-0.3, -0.25) is 4.90 Å². The molecule has 106 valence electrons. The molecule has 19 heavy (non-hydrogen) atoms. The van der Waals surface area contributed by atoms with E-state index in [2.05, 4.69) is 36.1 Å². The fourth-order valence-corrected chi connectivity index (χ4v) is 3.05. The zero-order valence-corrected chi connectivity index (χ0v) is 12.1. The summed E-state index contributed by atoms with van der Waals surface area (Å²) in [7, 11) is 1.73. The summed E-state index contributed by atoms with van der Waals surface area (Å²) in [6.07, 6.45) is 3.93. The molecule has 0 bridgehead atoms. The van der Waals surface area contributed by atoms with Crippen molar-refractivity contribution >= 4 is 0 Å². The highest BCUT2D eigenvalue weighted by Crippen LogP contribution is 2.28. The minimum atomic E-state index is 0.354. The summed E-state index contributed by atoms with van der Waals surface area (Å²) >= 11 is 0. The number of hydrogen-bond donors (Lipinski definition) is 1. The van der Waals surface area contributed by atoms with Gasteiger partial charge in [0.2, 0.25) is 0 Å². The van der Waals surface area contributed by atoms with Crippen LogP contribution in [0.3, 0.4) is 0 Å². The number of ether oxygens (including phenoxy) is 1. The van der Waals surface area contributed by atoms with Gasteiger partial charge in [0.05, 0.1) is 6.61 Å². The first-order chi connectivity index (χ1) is 9.26. The van der Waals surface area contributed by atoms with E-state index >= 15 is 0 Å². The van der Waals surface area contributed by atoms with E-state index in [0.717, 1.165) is 0 Å². The first-order valence-electron chi connectivity index (χ1n) is 7.30. The monoisotopic (exact) mass is 262 g/mol. The van der Waals surface area contributed by atoms with E-state index in [1.807, 2.05) is 0 Å². The van der Waals surface area contributed by atoms with Crippen LogP contribution in [0.2, 0.25) is 0 Å². The fourth-order valence-electron chi connectivity index (χ4n) is 3.05. The van der Waals surface area contributed by atoms with Crippen molar-refractivity contribution in [3.63, 3.8) is 0 Å². The van der Waals surface area contributed by atoms with Gasteiger partial charge >= 0.3 is 0 Å². The minimum absolute atomic E-state index is 0.354. The molecule has 0 spiro atoms. The van der Waals surface area contributed by atoms with Crippen LogP contribution >= 0.6 is 0 Å². The van der Waals surface area contributed by atoms with E-state index in [4.69, 9.17) is 10.5 Å². The van der Waals surface area contributed by atoms with E-state index < -0.39 is 0 Å². The van der Waals surface area contributed by atoms with Crippen molar-refractivity contribution in [2.24, 2.45) is 5.73 Å². The summed E-state index contributed by atoms with van der Waals surface area (Å²) in [4.78, 5) is 2.56. The average molecular weight is 262 g/mol. The number of methoxy groups -OCH3 is 1. The van der Waals surface area contributed by atoms with Crippen molar-refractivity contribution in [2.75, 3.05) is 20.2 Å². The lowest BCUT2D eigenvalue weighted by Crippen LogP contribution is -2.43. The molecule has 0 saturated carbocycles. The molecule has 1 heterocycles. The van der Waals surface area contributed by atoms with Gasteiger partial charge in [-0.15, -0.1) is 0 Å². The van der Waals surface area contributed by atoms with Crippen LogP contribution in [0.25, 0.3) is 0 Å². The molecule has 0 radical (unpaired) electrons. The average Bonchev–Trinajstić information content (AvgIpc) is 2.44. The van der Waals surface area contributed by atoms with Crippen LogP contribution in [0.15, 0.2) is 24.3 Å². The third kappa shape index (κ3) is 3.56. The quantitative estimate of drug-likeness (QED) is 0.886. The Hall–Kier alpha value is -0.900. The van der Waals surface area contributed by atoms with Crippen LogP contribution in [0, 0.1) is 0 Å². The lowest BCUT2D eigenvalue weighted by Gasteiger charge is -2.39. The summed E-state index contributed by atoms with van der Waals surface area (Å²) in [5, 5.41) is 0. The maximum Gasteiger partial charge on any atom is 0.0713 e. The van der Waals surface area contributed by atoms with Crippen molar-refractivity contribution < 1.29 is 4.74 Å². The SMILES string of the molecule is COCc1ccc(C(CN)N2CCCCC2C)cc1. The van der Waals surface area contributed by atoms with Crippen molar-refractivity contribution in [1.82, 2.24) is 4.90 Å². The minimum Gasteiger partial charge on any atom is -0.380 e. The lowest BCUT2D eigenvalue weighted by atomic mass is 9.96. The van der Waals surface area contributed by atoms with Crippen LogP contribution in [-0.4, -0.2) is 31.1 Å². The smallest absolute Gasteiger partial charge is 0.0713 e. The normalized spacial score (nSPS) is 22.4. The summed E-state index contributed by atoms with van der Waals surface area (Å²) < 4.78 is 5.15. The number of nitrogens with two attached hydrogens (primary N) is 1. The lowest BCUT2D eigenvalue weighted by molar-refractivity contribution is 0.109. The predicted octanol–water partition coefficient (Wildman–Crippen LogP) is 2.71. The number of rotatable bonds is 5. The molecule has 3 heteroatoms. The van der Waals surface area contributed by atoms with E-state index in [9.17, 15) is 0 Å². The molecule has 1 aromatic carbocycles. The largest absolute Gasteiger partial charge is 0.380 e. The van der Waals surface area contributed by atoms with Crippen LogP contribution in [0.4, 0.5) is 0 Å². The molecule has 0 aromatic heterocycles. The second-order valence-electron chi connectivity index (χ2n) is 5.51. The number of piperidine rings is 1. The molecular formula is C16H26N2O. The Bertz CT molecular complexity index is 377. The Balaban J connectivity index is 2.11. The molecule has 3 nitrogen and oxygen atoms in total. The first-order valence-corrected chi connectivity index (χ1v) is 7.30. The number of hydrogen-bond acceptors (Lipinski definition) is 3. The first kappa shape index (κ1) is 14.5. The molecule has 1 aliphatic heterocycles. The van der Waals surface area contributed by atoms with Crippen molar-refractivity contribution in [3.05, 3.63) is 35.4 Å². The Morgan fingerprint density at radius 2 is 2.05 bits per heavy atom. The van der Waals surface area contributed by atoms with Gasteiger partial charge < -0.3 is 10.5 Å². The number of likely N-dealkylation sites (tertiary alicyclic amines) is 1. The molecule has 0 aliphatic carbocycles. The molecule has 2 atom stereocenters. The van der Waals surface area contributed by atoms with E-state index in [-0.39, 0.29) is 0 Å². The molecule has 1 aromatic rings. The molecular weight excluding hydrogens is 236 g/mol. The van der Waals surface area contributed by atoms with Crippen molar-refractivity contribution in [1.29, 1.82) is 0 Å². The molecule has 1 saturated heterocycles. The van der Waals surface area contributed by atoms with E-state index in [0.29, 0.717) is 25.2 Å². The Labute approximate surface area is 116 Å². The molecule has 0 amide bonds. The molecule has 2 unspecified atom stereocenters. The molecule has 1 aliphatic rings. The molecule has 2 N–H and O–H groups in total. The maximum atomic E-state index is 6.03. The van der Waals surface area contributed by atoms with Crippen LogP contribution < -0.4 is 5.73 Å². The summed E-state index contributed by atoms with van der Waals surface area (Å²) in [5.41, 5.74) is 8.57. The van der Waals surface area contributed by atoms with Crippen LogP contribution in [-0.2, 0) is 11.3 Å². The highest BCUT2D eigenvalue weighted by atomic mass is 16.5. The highest BCUT2D eigenvalue weighted by Gasteiger charge is 2.26. The Morgan fingerprint density at radius 3 is 2.63 bits per heavy atom. The Morgan fingerprint density at radius 1 is 1.32 bits per heavy atom. The second-order valence-corrected chi connectivity index (χ2v) is 5.51. The Kier molecular flexibility index (Phi) is 5.37. The number of nitrogens with zero attached hydrogens (tertiary/aromatic N) is 1. The fraction of sp³-hybridized carbons (Fsp3) is 0.625. The standard InChI is InChI=1S/C16H26N2O/c1-13-5-3-4-10-18(13)16(11-17)15-8-6-14(7-9-15)12-19-2/h6-9,13,16H,3-5,10-12,17H2,1-2H3. The van der Waals surface area contributed by atoms with Gasteiger partial charge in [0.1, 0.15) is 0 Å². The zero-order chi connectivity index (χ0) is 13.7. The van der Waals surface area contributed by atoms with Gasteiger partial charge in [0.15, 0.2) is 0 Å². The van der Waals surface area contributed by atoms with Crippen molar-refractivity contribution in [3.8, 4) is 0 Å². The number of benzene rings is 1. The zero-order valence-electron chi connectivity index (χ0n) is 12.1. The summed E-state index contributed by atoms with van der Waals surface area (Å²) in [6.45, 7) is 4.85. The summed E-state index contributed by atoms with van der Waals surface area (Å²) in [5.74, 6) is 0. The van der Waals surface area contributed by atoms with Gasteiger partial charge in [0.25, 0.3) is 0 Å². The van der Waals surface area contributed by atoms with Gasteiger partial charge in [-0.05, 0) is 37.4 Å². The van der Waals surface area contributed by atoms with E-state index in [1.165, 1.54) is 36.9 Å². The summed E-state index contributed by atoms with van der Waals surface area (Å²) in [6, 6.07) is 9.69. The van der Waals surface area contributed by atoms with Gasteiger partial charge in [-0.25, -0.2) is 0 Å². The molecule has 2 rings (SSSR count). The second kappa shape index (κ2) is 7.04. The van der Waals surface area contributed by atoms with Gasteiger partial charge in [-0.1, -0.05) is 30.7 Å². The van der Waals surface area contributed by atoms with E-state index in [1.54, 1.807) is 7.11 Å². The topological polar surface area (TPSA) is 38.5 Å². The molecule has 1 fully saturated rings. The van der Waals surface area contributed by atoms with Crippen molar-refractivity contribution in [2.45, 2.75) is 44.9 Å². The third-order valence-corrected chi connectivity index (χ3v) is 4.15. The van der Waals surface area contributed by atoms with Crippen LogP contribution in [0.5, 0.6) is 0 Å². The van der Waals surface area contributed by atoms with Gasteiger partial charge in [-0.2, -0.15) is 0 Å². The van der Waals surface area contributed by atoms with Gasteiger partial charge in [0, 0.05) is 25.7 Å².